The number of fused-ring (bicyclic) bond motifs is 1. The van der Waals surface area contributed by atoms with Gasteiger partial charge in [-0.1, -0.05) is 42.5 Å². The van der Waals surface area contributed by atoms with Crippen molar-refractivity contribution in [3.05, 3.63) is 112 Å². The van der Waals surface area contributed by atoms with E-state index in [0.717, 1.165) is 16.6 Å². The van der Waals surface area contributed by atoms with E-state index < -0.39 is 16.7 Å². The van der Waals surface area contributed by atoms with Gasteiger partial charge in [0.05, 0.1) is 4.92 Å². The summed E-state index contributed by atoms with van der Waals surface area (Å²) in [6, 6.07) is 20.8. The molecule has 3 aromatic carbocycles. The SMILES string of the molecule is CC(=O)N1CCN(C(=O)C[C@H](c2cccc(F)c2)c2cn(Cc3ccccc3)c3ccc([N+](=O)[O-])cc23)CC1. The molecule has 0 spiro atoms. The molecular weight excluding hydrogens is 499 g/mol. The first kappa shape index (κ1) is 26.1. The van der Waals surface area contributed by atoms with Gasteiger partial charge in [0.2, 0.25) is 11.8 Å². The number of aromatic nitrogens is 1. The average molecular weight is 529 g/mol. The molecule has 0 radical (unpaired) electrons. The second kappa shape index (κ2) is 11.1. The van der Waals surface area contributed by atoms with Gasteiger partial charge >= 0.3 is 0 Å². The molecule has 1 aliphatic rings. The molecule has 1 atom stereocenters. The zero-order chi connectivity index (χ0) is 27.5. The normalized spacial score (nSPS) is 14.4. The van der Waals surface area contributed by atoms with Gasteiger partial charge < -0.3 is 14.4 Å². The van der Waals surface area contributed by atoms with Gasteiger partial charge in [-0.2, -0.15) is 0 Å². The number of nitro benzene ring substituents is 1. The first-order valence-electron chi connectivity index (χ1n) is 12.9. The molecule has 0 saturated carbocycles. The Bertz CT molecular complexity index is 1530. The van der Waals surface area contributed by atoms with Crippen LogP contribution in [0.2, 0.25) is 0 Å². The van der Waals surface area contributed by atoms with Crippen LogP contribution in [-0.4, -0.2) is 57.3 Å². The molecule has 1 aliphatic heterocycles. The van der Waals surface area contributed by atoms with E-state index in [1.807, 2.05) is 41.1 Å². The fourth-order valence-corrected chi connectivity index (χ4v) is 5.32. The molecule has 8 nitrogen and oxygen atoms in total. The third-order valence-corrected chi connectivity index (χ3v) is 7.38. The van der Waals surface area contributed by atoms with Gasteiger partial charge in [-0.25, -0.2) is 4.39 Å². The highest BCUT2D eigenvalue weighted by molar-refractivity contribution is 5.88. The number of piperazine rings is 1. The Morgan fingerprint density at radius 3 is 2.33 bits per heavy atom. The van der Waals surface area contributed by atoms with E-state index in [1.54, 1.807) is 28.0 Å². The number of carbonyl (C=O) groups is 2. The zero-order valence-corrected chi connectivity index (χ0v) is 21.6. The number of nitro groups is 1. The summed E-state index contributed by atoms with van der Waals surface area (Å²) in [5, 5.41) is 12.3. The second-order valence-corrected chi connectivity index (χ2v) is 9.86. The molecular formula is C30H29FN4O4. The van der Waals surface area contributed by atoms with Crippen molar-refractivity contribution < 1.29 is 18.9 Å². The number of halogens is 1. The van der Waals surface area contributed by atoms with Gasteiger partial charge in [0, 0.05) is 81.2 Å². The van der Waals surface area contributed by atoms with Crippen LogP contribution < -0.4 is 0 Å². The van der Waals surface area contributed by atoms with Gasteiger partial charge in [0.1, 0.15) is 5.82 Å². The summed E-state index contributed by atoms with van der Waals surface area (Å²) in [4.78, 5) is 39.9. The lowest BCUT2D eigenvalue weighted by Crippen LogP contribution is -2.50. The maximum atomic E-state index is 14.4. The smallest absolute Gasteiger partial charge is 0.270 e. The number of hydrogen-bond acceptors (Lipinski definition) is 4. The Morgan fingerprint density at radius 1 is 0.949 bits per heavy atom. The van der Waals surface area contributed by atoms with Crippen LogP contribution >= 0.6 is 0 Å². The Labute approximate surface area is 225 Å². The summed E-state index contributed by atoms with van der Waals surface area (Å²) in [7, 11) is 0. The van der Waals surface area contributed by atoms with E-state index in [1.165, 1.54) is 31.2 Å². The number of nitrogens with zero attached hydrogens (tertiary/aromatic N) is 4. The van der Waals surface area contributed by atoms with Gasteiger partial charge in [-0.05, 0) is 34.9 Å². The molecule has 1 fully saturated rings. The van der Waals surface area contributed by atoms with E-state index in [9.17, 15) is 24.1 Å². The van der Waals surface area contributed by atoms with Crippen molar-refractivity contribution in [1.82, 2.24) is 14.4 Å². The van der Waals surface area contributed by atoms with Gasteiger partial charge in [0.25, 0.3) is 5.69 Å². The predicted octanol–water partition coefficient (Wildman–Crippen LogP) is 4.95. The van der Waals surface area contributed by atoms with Crippen LogP contribution in [0.5, 0.6) is 0 Å². The van der Waals surface area contributed by atoms with E-state index >= 15 is 0 Å². The highest BCUT2D eigenvalue weighted by Gasteiger charge is 2.28. The first-order chi connectivity index (χ1) is 18.8. The van der Waals surface area contributed by atoms with Crippen LogP contribution in [0.1, 0.15) is 36.0 Å². The number of benzene rings is 3. The fraction of sp³-hybridized carbons (Fsp3) is 0.267. The second-order valence-electron chi connectivity index (χ2n) is 9.86. The van der Waals surface area contributed by atoms with Crippen LogP contribution in [0, 0.1) is 15.9 Å². The average Bonchev–Trinajstić information content (AvgIpc) is 3.29. The molecule has 1 saturated heterocycles. The molecule has 200 valence electrons. The minimum Gasteiger partial charge on any atom is -0.343 e. The molecule has 5 rings (SSSR count). The molecule has 0 aliphatic carbocycles. The van der Waals surface area contributed by atoms with E-state index in [2.05, 4.69) is 0 Å². The van der Waals surface area contributed by atoms with Crippen molar-refractivity contribution in [1.29, 1.82) is 0 Å². The van der Waals surface area contributed by atoms with Gasteiger partial charge in [0.15, 0.2) is 0 Å². The van der Waals surface area contributed by atoms with Crippen molar-refractivity contribution in [2.24, 2.45) is 0 Å². The lowest BCUT2D eigenvalue weighted by Gasteiger charge is -2.35. The summed E-state index contributed by atoms with van der Waals surface area (Å²) in [6.07, 6.45) is 1.99. The molecule has 4 aromatic rings. The number of rotatable bonds is 7. The van der Waals surface area contributed by atoms with Crippen molar-refractivity contribution in [3.8, 4) is 0 Å². The third-order valence-electron chi connectivity index (χ3n) is 7.38. The highest BCUT2D eigenvalue weighted by atomic mass is 19.1. The predicted molar refractivity (Wildman–Crippen MR) is 146 cm³/mol. The maximum Gasteiger partial charge on any atom is 0.270 e. The summed E-state index contributed by atoms with van der Waals surface area (Å²) in [5.74, 6) is -1.08. The number of hydrogen-bond donors (Lipinski definition) is 0. The number of non-ortho nitro benzene ring substituents is 1. The number of carbonyl (C=O) groups excluding carboxylic acids is 2. The van der Waals surface area contributed by atoms with Crippen LogP contribution in [0.15, 0.2) is 79.0 Å². The zero-order valence-electron chi connectivity index (χ0n) is 21.6. The van der Waals surface area contributed by atoms with Crippen molar-refractivity contribution >= 4 is 28.4 Å². The molecule has 2 amide bonds. The van der Waals surface area contributed by atoms with Crippen LogP contribution in [0.3, 0.4) is 0 Å². The van der Waals surface area contributed by atoms with E-state index in [-0.39, 0.29) is 23.9 Å². The lowest BCUT2D eigenvalue weighted by molar-refractivity contribution is -0.384. The van der Waals surface area contributed by atoms with E-state index in [0.29, 0.717) is 43.7 Å². The van der Waals surface area contributed by atoms with Crippen molar-refractivity contribution in [2.75, 3.05) is 26.2 Å². The van der Waals surface area contributed by atoms with Crippen LogP contribution in [-0.2, 0) is 16.1 Å². The Kier molecular flexibility index (Phi) is 7.40. The van der Waals surface area contributed by atoms with Gasteiger partial charge in [-0.15, -0.1) is 0 Å². The molecule has 2 heterocycles. The Balaban J connectivity index is 1.57. The summed E-state index contributed by atoms with van der Waals surface area (Å²) in [6.45, 7) is 3.83. The Hall–Kier alpha value is -4.53. The minimum atomic E-state index is -0.527. The quantitative estimate of drug-likeness (QED) is 0.251. The summed E-state index contributed by atoms with van der Waals surface area (Å²) < 4.78 is 16.4. The van der Waals surface area contributed by atoms with Crippen LogP contribution in [0.25, 0.3) is 10.9 Å². The van der Waals surface area contributed by atoms with Gasteiger partial charge in [-0.3, -0.25) is 19.7 Å². The molecule has 0 unspecified atom stereocenters. The molecule has 1 aromatic heterocycles. The standard InChI is InChI=1S/C30H29FN4O4/c1-21(36)32-12-14-33(15-13-32)30(37)18-26(23-8-5-9-24(31)16-23)28-20-34(19-22-6-3-2-4-7-22)29-11-10-25(35(38)39)17-27(28)29/h2-11,16-17,20,26H,12-15,18-19H2,1H3/t26-/m1/s1. The highest BCUT2D eigenvalue weighted by Crippen LogP contribution is 2.37. The summed E-state index contributed by atoms with van der Waals surface area (Å²) in [5.41, 5.74) is 3.15. The number of amides is 2. The minimum absolute atomic E-state index is 0.0208. The molecule has 9 heteroatoms. The molecule has 39 heavy (non-hydrogen) atoms. The molecule has 0 bridgehead atoms. The van der Waals surface area contributed by atoms with Crippen molar-refractivity contribution in [3.63, 3.8) is 0 Å². The van der Waals surface area contributed by atoms with Crippen LogP contribution in [0.4, 0.5) is 10.1 Å². The first-order valence-corrected chi connectivity index (χ1v) is 12.9. The third kappa shape index (κ3) is 5.67. The summed E-state index contributed by atoms with van der Waals surface area (Å²) >= 11 is 0. The maximum absolute atomic E-state index is 14.4. The lowest BCUT2D eigenvalue weighted by atomic mass is 9.87. The van der Waals surface area contributed by atoms with E-state index in [4.69, 9.17) is 0 Å². The monoisotopic (exact) mass is 528 g/mol. The molecule has 0 N–H and O–H groups in total. The largest absolute Gasteiger partial charge is 0.343 e. The topological polar surface area (TPSA) is 88.7 Å². The fourth-order valence-electron chi connectivity index (χ4n) is 5.32. The Morgan fingerprint density at radius 2 is 1.67 bits per heavy atom. The van der Waals surface area contributed by atoms with Crippen molar-refractivity contribution in [2.45, 2.75) is 25.8 Å².